The molecule has 6 aliphatic rings. The molecule has 2 heterocycles. The molecule has 0 aromatic carbocycles. The second-order valence-corrected chi connectivity index (χ2v) is 13.3. The van der Waals surface area contributed by atoms with Crippen LogP contribution in [0.3, 0.4) is 0 Å². The zero-order valence-corrected chi connectivity index (χ0v) is 20.1. The topological polar surface area (TPSA) is 58.9 Å². The lowest BCUT2D eigenvalue weighted by Crippen LogP contribution is -2.55. The molecule has 2 aliphatic heterocycles. The highest BCUT2D eigenvalue weighted by Gasteiger charge is 2.70. The standard InChI is InChI=1S/C27H44O4/c1-15-11-23(30-14-15)27(29)16(2)24-22(31-27)13-21-19-6-5-17-12-18(28)7-9-25(17,3)20(19)8-10-26(21,24)4/h15-24,28-29H,5-14H2,1-4H3/t15-,16-,17+,18-,19+,20-,21-,22-,23+,24-,25-,26-,27-/m0/s1. The first-order valence-corrected chi connectivity index (χ1v) is 13.4. The zero-order valence-electron chi connectivity index (χ0n) is 20.1. The molecule has 176 valence electrons. The van der Waals surface area contributed by atoms with Gasteiger partial charge in [0.25, 0.3) is 0 Å². The largest absolute Gasteiger partial charge is 0.393 e. The highest BCUT2D eigenvalue weighted by molar-refractivity contribution is 5.15. The molecule has 0 aromatic heterocycles. The van der Waals surface area contributed by atoms with Crippen LogP contribution < -0.4 is 0 Å². The summed E-state index contributed by atoms with van der Waals surface area (Å²) < 4.78 is 12.6. The van der Waals surface area contributed by atoms with Gasteiger partial charge in [-0.3, -0.25) is 0 Å². The van der Waals surface area contributed by atoms with E-state index in [1.54, 1.807) is 0 Å². The van der Waals surface area contributed by atoms with Gasteiger partial charge in [0.2, 0.25) is 0 Å². The summed E-state index contributed by atoms with van der Waals surface area (Å²) in [4.78, 5) is 0. The molecule has 6 fully saturated rings. The van der Waals surface area contributed by atoms with Crippen LogP contribution in [0.2, 0.25) is 0 Å². The summed E-state index contributed by atoms with van der Waals surface area (Å²) in [6.45, 7) is 10.3. The van der Waals surface area contributed by atoms with E-state index in [9.17, 15) is 10.2 Å². The van der Waals surface area contributed by atoms with Crippen molar-refractivity contribution >= 4 is 0 Å². The van der Waals surface area contributed by atoms with E-state index >= 15 is 0 Å². The second kappa shape index (κ2) is 6.93. The highest BCUT2D eigenvalue weighted by Crippen LogP contribution is 2.71. The number of fused-ring (bicyclic) bond motifs is 7. The van der Waals surface area contributed by atoms with Crippen molar-refractivity contribution < 1.29 is 19.7 Å². The van der Waals surface area contributed by atoms with Crippen LogP contribution in [0.4, 0.5) is 0 Å². The molecule has 2 saturated heterocycles. The molecule has 0 aromatic rings. The fraction of sp³-hybridized carbons (Fsp3) is 1.00. The van der Waals surface area contributed by atoms with Gasteiger partial charge < -0.3 is 19.7 Å². The maximum atomic E-state index is 11.7. The first-order chi connectivity index (χ1) is 14.7. The van der Waals surface area contributed by atoms with Crippen molar-refractivity contribution in [2.24, 2.45) is 52.3 Å². The van der Waals surface area contributed by atoms with Crippen LogP contribution in [0, 0.1) is 52.3 Å². The minimum absolute atomic E-state index is 0.0678. The SMILES string of the molecule is C[C@@H]1CO[C@@H]([C@@]2(O)O[C@H]3C[C@H]4[C@@H]5CC[C@@H]6C[C@@H](O)CC[C@]6(C)[C@H]5CC[C@]4(C)[C@H]3[C@@H]2C)C1. The lowest BCUT2D eigenvalue weighted by Gasteiger charge is -2.61. The quantitative estimate of drug-likeness (QED) is 0.627. The molecule has 0 radical (unpaired) electrons. The molecule has 0 unspecified atom stereocenters. The number of aliphatic hydroxyl groups excluding tert-OH is 1. The third-order valence-electron chi connectivity index (χ3n) is 11.9. The van der Waals surface area contributed by atoms with Gasteiger partial charge in [0, 0.05) is 12.5 Å². The molecule has 0 bridgehead atoms. The average molecular weight is 433 g/mol. The second-order valence-electron chi connectivity index (χ2n) is 13.3. The summed E-state index contributed by atoms with van der Waals surface area (Å²) in [5, 5.41) is 22.0. The third-order valence-corrected chi connectivity index (χ3v) is 11.9. The number of ether oxygens (including phenoxy) is 2. The van der Waals surface area contributed by atoms with Crippen molar-refractivity contribution in [3.63, 3.8) is 0 Å². The van der Waals surface area contributed by atoms with E-state index in [4.69, 9.17) is 9.47 Å². The van der Waals surface area contributed by atoms with Crippen molar-refractivity contribution in [1.29, 1.82) is 0 Å². The molecule has 4 nitrogen and oxygen atoms in total. The minimum atomic E-state index is -1.10. The predicted octanol–water partition coefficient (Wildman–Crippen LogP) is 4.76. The van der Waals surface area contributed by atoms with Crippen LogP contribution in [0.5, 0.6) is 0 Å². The lowest BCUT2D eigenvalue weighted by molar-refractivity contribution is -0.267. The van der Waals surface area contributed by atoms with Gasteiger partial charge in [0.05, 0.1) is 12.2 Å². The Balaban J connectivity index is 1.26. The van der Waals surface area contributed by atoms with Crippen molar-refractivity contribution in [2.75, 3.05) is 6.61 Å². The molecule has 6 rings (SSSR count). The van der Waals surface area contributed by atoms with Gasteiger partial charge in [0.1, 0.15) is 6.10 Å². The maximum Gasteiger partial charge on any atom is 0.195 e. The Kier molecular flexibility index (Phi) is 4.78. The summed E-state index contributed by atoms with van der Waals surface area (Å²) in [5.41, 5.74) is 0.694. The van der Waals surface area contributed by atoms with Crippen molar-refractivity contribution in [3.8, 4) is 0 Å². The van der Waals surface area contributed by atoms with Crippen LogP contribution in [0.25, 0.3) is 0 Å². The minimum Gasteiger partial charge on any atom is -0.393 e. The summed E-state index contributed by atoms with van der Waals surface area (Å²) in [5.74, 6) is 3.03. The van der Waals surface area contributed by atoms with Gasteiger partial charge in [-0.05, 0) is 104 Å². The molecule has 0 spiro atoms. The summed E-state index contributed by atoms with van der Waals surface area (Å²) >= 11 is 0. The molecule has 2 N–H and O–H groups in total. The van der Waals surface area contributed by atoms with Crippen molar-refractivity contribution in [3.05, 3.63) is 0 Å². The molecule has 31 heavy (non-hydrogen) atoms. The molecular formula is C27H44O4. The van der Waals surface area contributed by atoms with E-state index < -0.39 is 5.79 Å². The smallest absolute Gasteiger partial charge is 0.195 e. The van der Waals surface area contributed by atoms with Gasteiger partial charge >= 0.3 is 0 Å². The van der Waals surface area contributed by atoms with Crippen LogP contribution in [-0.2, 0) is 9.47 Å². The Morgan fingerprint density at radius 3 is 2.39 bits per heavy atom. The molecule has 4 aliphatic carbocycles. The Labute approximate surface area is 188 Å². The molecule has 4 saturated carbocycles. The summed E-state index contributed by atoms with van der Waals surface area (Å²) in [6.07, 6.45) is 10.5. The summed E-state index contributed by atoms with van der Waals surface area (Å²) in [7, 11) is 0. The number of hydrogen-bond acceptors (Lipinski definition) is 4. The van der Waals surface area contributed by atoms with E-state index in [2.05, 4.69) is 27.7 Å². The van der Waals surface area contributed by atoms with Crippen LogP contribution in [0.15, 0.2) is 0 Å². The fourth-order valence-corrected chi connectivity index (χ4v) is 10.3. The normalized spacial score (nSPS) is 63.3. The third kappa shape index (κ3) is 2.80. The van der Waals surface area contributed by atoms with E-state index in [1.807, 2.05) is 0 Å². The van der Waals surface area contributed by atoms with Gasteiger partial charge in [-0.2, -0.15) is 0 Å². The monoisotopic (exact) mass is 432 g/mol. The number of hydrogen-bond donors (Lipinski definition) is 2. The zero-order chi connectivity index (χ0) is 21.8. The van der Waals surface area contributed by atoms with Crippen molar-refractivity contribution in [1.82, 2.24) is 0 Å². The molecule has 0 amide bonds. The predicted molar refractivity (Wildman–Crippen MR) is 119 cm³/mol. The van der Waals surface area contributed by atoms with Gasteiger partial charge in [-0.1, -0.05) is 27.7 Å². The number of rotatable bonds is 1. The Morgan fingerprint density at radius 2 is 1.65 bits per heavy atom. The van der Waals surface area contributed by atoms with Crippen LogP contribution in [0.1, 0.15) is 85.5 Å². The van der Waals surface area contributed by atoms with E-state index in [0.717, 1.165) is 50.0 Å². The Morgan fingerprint density at radius 1 is 0.871 bits per heavy atom. The van der Waals surface area contributed by atoms with E-state index in [0.29, 0.717) is 23.2 Å². The highest BCUT2D eigenvalue weighted by atomic mass is 16.7. The van der Waals surface area contributed by atoms with E-state index in [1.165, 1.54) is 32.1 Å². The van der Waals surface area contributed by atoms with Crippen molar-refractivity contribution in [2.45, 2.75) is 110 Å². The van der Waals surface area contributed by atoms with Gasteiger partial charge in [0.15, 0.2) is 5.79 Å². The fourth-order valence-electron chi connectivity index (χ4n) is 10.3. The van der Waals surface area contributed by atoms with Gasteiger partial charge in [-0.25, -0.2) is 0 Å². The first-order valence-electron chi connectivity index (χ1n) is 13.4. The Hall–Kier alpha value is -0.160. The van der Waals surface area contributed by atoms with Crippen LogP contribution in [-0.4, -0.2) is 40.9 Å². The summed E-state index contributed by atoms with van der Waals surface area (Å²) in [6, 6.07) is 0. The first kappa shape index (κ1) is 21.4. The van der Waals surface area contributed by atoms with Gasteiger partial charge in [-0.15, -0.1) is 0 Å². The number of aliphatic hydroxyl groups is 2. The molecular weight excluding hydrogens is 388 g/mol. The average Bonchev–Trinajstić information content (AvgIpc) is 3.36. The Bertz CT molecular complexity index is 726. The lowest BCUT2D eigenvalue weighted by atomic mass is 9.44. The molecule has 13 atom stereocenters. The van der Waals surface area contributed by atoms with E-state index in [-0.39, 0.29) is 29.6 Å². The molecule has 4 heteroatoms. The maximum absolute atomic E-state index is 11.7. The van der Waals surface area contributed by atoms with Crippen LogP contribution >= 0.6 is 0 Å².